The minimum atomic E-state index is -1.69. The number of hydrogen-bond acceptors (Lipinski definition) is 2. The maximum absolute atomic E-state index is 13.6. The molecule has 0 aromatic heterocycles. The molecule has 27 heavy (non-hydrogen) atoms. The van der Waals surface area contributed by atoms with Crippen LogP contribution in [0.5, 0.6) is 0 Å². The van der Waals surface area contributed by atoms with Crippen molar-refractivity contribution in [2.75, 3.05) is 18.4 Å². The van der Waals surface area contributed by atoms with Crippen molar-refractivity contribution in [2.45, 2.75) is 19.8 Å². The Morgan fingerprint density at radius 3 is 2.44 bits per heavy atom. The van der Waals surface area contributed by atoms with Gasteiger partial charge in [0.2, 0.25) is 11.8 Å². The first-order valence-corrected chi connectivity index (χ1v) is 8.27. The molecule has 0 fully saturated rings. The smallest absolute Gasteiger partial charge is 0.244 e. The lowest BCUT2D eigenvalue weighted by Crippen LogP contribution is -2.39. The second-order valence-corrected chi connectivity index (χ2v) is 5.89. The number of nitrogens with one attached hydrogen (secondary N) is 1. The highest BCUT2D eigenvalue weighted by molar-refractivity contribution is 5.94. The molecule has 2 aromatic carbocycles. The Bertz CT molecular complexity index is 842. The first kappa shape index (κ1) is 20.4. The van der Waals surface area contributed by atoms with Crippen molar-refractivity contribution in [2.24, 2.45) is 0 Å². The van der Waals surface area contributed by atoms with Gasteiger partial charge in [0.05, 0.1) is 18.7 Å². The third-order valence-corrected chi connectivity index (χ3v) is 3.73. The van der Waals surface area contributed by atoms with Crippen molar-refractivity contribution in [3.05, 3.63) is 65.2 Å². The van der Waals surface area contributed by atoms with Crippen molar-refractivity contribution in [3.8, 4) is 0 Å². The Kier molecular flexibility index (Phi) is 6.92. The summed E-state index contributed by atoms with van der Waals surface area (Å²) in [4.78, 5) is 25.8. The SMILES string of the molecule is CCCN(CC(=O)Nc1ccc(F)c(F)c1F)C(=O)Cc1cccc(F)c1. The lowest BCUT2D eigenvalue weighted by Gasteiger charge is -2.22. The van der Waals surface area contributed by atoms with E-state index in [2.05, 4.69) is 5.32 Å². The topological polar surface area (TPSA) is 49.4 Å². The Morgan fingerprint density at radius 2 is 1.78 bits per heavy atom. The van der Waals surface area contributed by atoms with Crippen molar-refractivity contribution < 1.29 is 27.2 Å². The molecule has 2 rings (SSSR count). The molecule has 1 N–H and O–H groups in total. The van der Waals surface area contributed by atoms with E-state index in [0.717, 1.165) is 6.07 Å². The number of amides is 2. The van der Waals surface area contributed by atoms with Gasteiger partial charge >= 0.3 is 0 Å². The third kappa shape index (κ3) is 5.54. The Balaban J connectivity index is 2.05. The van der Waals surface area contributed by atoms with E-state index in [9.17, 15) is 27.2 Å². The summed E-state index contributed by atoms with van der Waals surface area (Å²) in [5.74, 6) is -6.24. The van der Waals surface area contributed by atoms with Crippen LogP contribution in [0.25, 0.3) is 0 Å². The lowest BCUT2D eigenvalue weighted by molar-refractivity contribution is -0.134. The van der Waals surface area contributed by atoms with Gasteiger partial charge in [-0.2, -0.15) is 0 Å². The van der Waals surface area contributed by atoms with E-state index in [1.165, 1.54) is 23.1 Å². The first-order chi connectivity index (χ1) is 12.8. The summed E-state index contributed by atoms with van der Waals surface area (Å²) in [6, 6.07) is 7.11. The first-order valence-electron chi connectivity index (χ1n) is 8.27. The van der Waals surface area contributed by atoms with Crippen molar-refractivity contribution >= 4 is 17.5 Å². The highest BCUT2D eigenvalue weighted by Gasteiger charge is 2.19. The molecule has 144 valence electrons. The van der Waals surface area contributed by atoms with Gasteiger partial charge in [-0.25, -0.2) is 17.6 Å². The van der Waals surface area contributed by atoms with E-state index in [0.29, 0.717) is 18.1 Å². The minimum absolute atomic E-state index is 0.107. The number of hydrogen-bond donors (Lipinski definition) is 1. The highest BCUT2D eigenvalue weighted by atomic mass is 19.2. The Morgan fingerprint density at radius 1 is 1.04 bits per heavy atom. The zero-order valence-corrected chi connectivity index (χ0v) is 14.6. The molecule has 0 spiro atoms. The molecular weight excluding hydrogens is 364 g/mol. The van der Waals surface area contributed by atoms with Gasteiger partial charge in [0, 0.05) is 6.54 Å². The molecule has 4 nitrogen and oxygen atoms in total. The number of halogens is 4. The predicted molar refractivity (Wildman–Crippen MR) is 91.9 cm³/mol. The van der Waals surface area contributed by atoms with Gasteiger partial charge < -0.3 is 10.2 Å². The van der Waals surface area contributed by atoms with Crippen LogP contribution < -0.4 is 5.32 Å². The fourth-order valence-electron chi connectivity index (χ4n) is 2.48. The number of rotatable bonds is 7. The van der Waals surface area contributed by atoms with Gasteiger partial charge in [-0.3, -0.25) is 9.59 Å². The largest absolute Gasteiger partial charge is 0.333 e. The van der Waals surface area contributed by atoms with Gasteiger partial charge in [0.1, 0.15) is 5.82 Å². The second kappa shape index (κ2) is 9.16. The fourth-order valence-corrected chi connectivity index (χ4v) is 2.48. The second-order valence-electron chi connectivity index (χ2n) is 5.89. The zero-order chi connectivity index (χ0) is 20.0. The summed E-state index contributed by atoms with van der Waals surface area (Å²) in [5.41, 5.74) is -0.0684. The molecule has 0 saturated carbocycles. The molecule has 0 heterocycles. The molecule has 0 aliphatic heterocycles. The number of carbonyl (C=O) groups excluding carboxylic acids is 2. The van der Waals surface area contributed by atoms with E-state index < -0.39 is 47.3 Å². The van der Waals surface area contributed by atoms with Crippen LogP contribution in [0, 0.1) is 23.3 Å². The van der Waals surface area contributed by atoms with Crippen LogP contribution in [-0.4, -0.2) is 29.8 Å². The molecular formula is C19H18F4N2O2. The normalized spacial score (nSPS) is 10.6. The number of anilines is 1. The Hall–Kier alpha value is -2.90. The van der Waals surface area contributed by atoms with E-state index in [-0.39, 0.29) is 13.0 Å². The molecule has 8 heteroatoms. The van der Waals surface area contributed by atoms with Gasteiger partial charge in [-0.15, -0.1) is 0 Å². The average molecular weight is 382 g/mol. The quantitative estimate of drug-likeness (QED) is 0.587. The lowest BCUT2D eigenvalue weighted by atomic mass is 10.1. The molecule has 0 aliphatic rings. The van der Waals surface area contributed by atoms with Gasteiger partial charge in [0.25, 0.3) is 0 Å². The summed E-state index contributed by atoms with van der Waals surface area (Å²) in [5, 5.41) is 2.12. The summed E-state index contributed by atoms with van der Waals surface area (Å²) in [7, 11) is 0. The zero-order valence-electron chi connectivity index (χ0n) is 14.6. The van der Waals surface area contributed by atoms with Crippen LogP contribution in [0.2, 0.25) is 0 Å². The molecule has 0 atom stereocenters. The minimum Gasteiger partial charge on any atom is -0.333 e. The summed E-state index contributed by atoms with van der Waals surface area (Å²) >= 11 is 0. The van der Waals surface area contributed by atoms with Crippen molar-refractivity contribution in [3.63, 3.8) is 0 Å². The van der Waals surface area contributed by atoms with E-state index in [1.54, 1.807) is 13.0 Å². The standard InChI is InChI=1S/C19H18F4N2O2/c1-2-8-25(17(27)10-12-4-3-5-13(20)9-12)11-16(26)24-15-7-6-14(21)18(22)19(15)23/h3-7,9H,2,8,10-11H2,1H3,(H,24,26). The molecule has 2 amide bonds. The van der Waals surface area contributed by atoms with Crippen LogP contribution in [0.3, 0.4) is 0 Å². The molecule has 0 saturated heterocycles. The average Bonchev–Trinajstić information content (AvgIpc) is 2.62. The fraction of sp³-hybridized carbons (Fsp3) is 0.263. The predicted octanol–water partition coefficient (Wildman–Crippen LogP) is 3.66. The van der Waals surface area contributed by atoms with Crippen LogP contribution in [-0.2, 0) is 16.0 Å². The molecule has 0 unspecified atom stereocenters. The van der Waals surface area contributed by atoms with Crippen LogP contribution in [0.15, 0.2) is 36.4 Å². The highest BCUT2D eigenvalue weighted by Crippen LogP contribution is 2.19. The maximum Gasteiger partial charge on any atom is 0.244 e. The number of nitrogens with zero attached hydrogens (tertiary/aromatic N) is 1. The molecule has 0 radical (unpaired) electrons. The number of carbonyl (C=O) groups is 2. The van der Waals surface area contributed by atoms with Gasteiger partial charge in [0.15, 0.2) is 17.5 Å². The summed E-state index contributed by atoms with van der Waals surface area (Å²) in [6.07, 6.45) is 0.451. The van der Waals surface area contributed by atoms with Crippen molar-refractivity contribution in [1.82, 2.24) is 4.90 Å². The van der Waals surface area contributed by atoms with Crippen LogP contribution in [0.1, 0.15) is 18.9 Å². The van der Waals surface area contributed by atoms with E-state index >= 15 is 0 Å². The molecule has 0 aliphatic carbocycles. The van der Waals surface area contributed by atoms with Gasteiger partial charge in [-0.05, 0) is 36.2 Å². The van der Waals surface area contributed by atoms with Crippen LogP contribution >= 0.6 is 0 Å². The maximum atomic E-state index is 13.6. The van der Waals surface area contributed by atoms with Crippen molar-refractivity contribution in [1.29, 1.82) is 0 Å². The van der Waals surface area contributed by atoms with Gasteiger partial charge in [-0.1, -0.05) is 19.1 Å². The van der Waals surface area contributed by atoms with E-state index in [1.807, 2.05) is 0 Å². The number of benzene rings is 2. The summed E-state index contributed by atoms with van der Waals surface area (Å²) < 4.78 is 53.1. The van der Waals surface area contributed by atoms with Crippen LogP contribution in [0.4, 0.5) is 23.2 Å². The monoisotopic (exact) mass is 382 g/mol. The summed E-state index contributed by atoms with van der Waals surface area (Å²) in [6.45, 7) is 1.65. The molecule has 0 bridgehead atoms. The Labute approximate surface area is 153 Å². The van der Waals surface area contributed by atoms with E-state index in [4.69, 9.17) is 0 Å². The third-order valence-electron chi connectivity index (χ3n) is 3.73. The molecule has 2 aromatic rings.